The van der Waals surface area contributed by atoms with Crippen molar-refractivity contribution >= 4 is 39.5 Å². The van der Waals surface area contributed by atoms with Crippen LogP contribution in [-0.2, 0) is 10.0 Å². The number of rotatable bonds is 7. The molecule has 0 atom stereocenters. The van der Waals surface area contributed by atoms with Gasteiger partial charge in [0.15, 0.2) is 0 Å². The Balaban J connectivity index is 2.31. The largest absolute Gasteiger partial charge is 0.354 e. The maximum absolute atomic E-state index is 12.4. The molecule has 0 radical (unpaired) electrons. The first-order valence-electron chi connectivity index (χ1n) is 6.96. The highest BCUT2D eigenvalue weighted by molar-refractivity contribution is 7.92. The summed E-state index contributed by atoms with van der Waals surface area (Å²) in [5, 5.41) is 6.30. The van der Waals surface area contributed by atoms with Crippen LogP contribution in [0.25, 0.3) is 0 Å². The lowest BCUT2D eigenvalue weighted by atomic mass is 10.4. The monoisotopic (exact) mass is 356 g/mol. The summed E-state index contributed by atoms with van der Waals surface area (Å²) >= 11 is 5.77. The summed E-state index contributed by atoms with van der Waals surface area (Å²) in [5.74, 6) is 0.501. The minimum Gasteiger partial charge on any atom is -0.354 e. The Morgan fingerprint density at radius 2 is 1.39 bits per heavy atom. The van der Waals surface area contributed by atoms with E-state index in [2.05, 4.69) is 30.3 Å². The van der Waals surface area contributed by atoms with Crippen molar-refractivity contribution in [2.75, 3.05) is 28.4 Å². The Hall–Kier alpha value is -2.13. The fourth-order valence-corrected chi connectivity index (χ4v) is 2.76. The molecule has 0 unspecified atom stereocenters. The number of hydrogen-bond donors (Lipinski definition) is 3. The van der Waals surface area contributed by atoms with Crippen molar-refractivity contribution in [2.24, 2.45) is 0 Å². The molecular weight excluding hydrogens is 340 g/mol. The number of aromatic nitrogens is 3. The predicted octanol–water partition coefficient (Wildman–Crippen LogP) is 2.19. The standard InChI is InChI=1S/C13H17ClN6O2S/c1-3-15-11-17-12(16-4-2)19-13(18-11)20-23(21,22)10-7-5-9(14)6-8-10/h5-8H,3-4H2,1-2H3,(H3,15,16,17,18,19,20). The molecule has 0 aliphatic rings. The van der Waals surface area contributed by atoms with E-state index in [0.29, 0.717) is 18.1 Å². The van der Waals surface area contributed by atoms with Gasteiger partial charge in [0.2, 0.25) is 17.8 Å². The summed E-state index contributed by atoms with van der Waals surface area (Å²) in [7, 11) is -3.81. The van der Waals surface area contributed by atoms with Gasteiger partial charge in [-0.3, -0.25) is 0 Å². The Morgan fingerprint density at radius 1 is 0.913 bits per heavy atom. The molecule has 2 rings (SSSR count). The number of benzene rings is 1. The molecule has 0 saturated carbocycles. The molecule has 0 bridgehead atoms. The Kier molecular flexibility index (Phi) is 5.56. The second-order valence-corrected chi connectivity index (χ2v) is 6.55. The van der Waals surface area contributed by atoms with Crippen molar-refractivity contribution in [3.63, 3.8) is 0 Å². The van der Waals surface area contributed by atoms with Gasteiger partial charge in [0.25, 0.3) is 10.0 Å². The molecule has 1 aromatic heterocycles. The van der Waals surface area contributed by atoms with Crippen molar-refractivity contribution in [1.82, 2.24) is 15.0 Å². The summed E-state index contributed by atoms with van der Waals surface area (Å²) in [6.45, 7) is 4.96. The van der Waals surface area contributed by atoms with Crippen molar-refractivity contribution < 1.29 is 8.42 Å². The van der Waals surface area contributed by atoms with Crippen LogP contribution in [-0.4, -0.2) is 36.5 Å². The van der Waals surface area contributed by atoms with E-state index >= 15 is 0 Å². The summed E-state index contributed by atoms with van der Waals surface area (Å²) in [5.41, 5.74) is 0. The van der Waals surface area contributed by atoms with E-state index in [1.807, 2.05) is 13.8 Å². The fourth-order valence-electron chi connectivity index (χ4n) is 1.69. The van der Waals surface area contributed by atoms with Crippen LogP contribution in [0.1, 0.15) is 13.8 Å². The van der Waals surface area contributed by atoms with Crippen LogP contribution in [0, 0.1) is 0 Å². The van der Waals surface area contributed by atoms with Gasteiger partial charge in [-0.15, -0.1) is 0 Å². The molecule has 10 heteroatoms. The fraction of sp³-hybridized carbons (Fsp3) is 0.308. The molecule has 0 saturated heterocycles. The lowest BCUT2D eigenvalue weighted by molar-refractivity contribution is 0.601. The Bertz CT molecular complexity index is 742. The summed E-state index contributed by atoms with van der Waals surface area (Å²) < 4.78 is 27.1. The molecule has 0 spiro atoms. The molecule has 1 heterocycles. The average Bonchev–Trinajstić information content (AvgIpc) is 2.47. The zero-order valence-electron chi connectivity index (χ0n) is 12.7. The Morgan fingerprint density at radius 3 is 1.87 bits per heavy atom. The van der Waals surface area contributed by atoms with Gasteiger partial charge < -0.3 is 10.6 Å². The quantitative estimate of drug-likeness (QED) is 0.697. The summed E-state index contributed by atoms with van der Waals surface area (Å²) in [4.78, 5) is 12.3. The van der Waals surface area contributed by atoms with Gasteiger partial charge in [-0.25, -0.2) is 13.1 Å². The number of anilines is 3. The molecule has 8 nitrogen and oxygen atoms in total. The molecule has 0 amide bonds. The van der Waals surface area contributed by atoms with Crippen LogP contribution in [0.2, 0.25) is 5.02 Å². The zero-order valence-corrected chi connectivity index (χ0v) is 14.2. The predicted molar refractivity (Wildman–Crippen MR) is 90.4 cm³/mol. The van der Waals surface area contributed by atoms with Gasteiger partial charge in [0, 0.05) is 18.1 Å². The van der Waals surface area contributed by atoms with Crippen LogP contribution in [0.5, 0.6) is 0 Å². The second kappa shape index (κ2) is 7.42. The summed E-state index contributed by atoms with van der Waals surface area (Å²) in [6.07, 6.45) is 0. The van der Waals surface area contributed by atoms with Crippen LogP contribution in [0.4, 0.5) is 17.8 Å². The Labute approximate surface area is 139 Å². The lowest BCUT2D eigenvalue weighted by Crippen LogP contribution is -2.17. The maximum atomic E-state index is 12.4. The number of sulfonamides is 1. The minimum atomic E-state index is -3.81. The molecule has 0 fully saturated rings. The summed E-state index contributed by atoms with van der Waals surface area (Å²) in [6, 6.07) is 5.81. The van der Waals surface area contributed by atoms with E-state index in [-0.39, 0.29) is 22.7 Å². The number of halogens is 1. The number of hydrogen-bond acceptors (Lipinski definition) is 7. The van der Waals surface area contributed by atoms with Gasteiger partial charge in [-0.05, 0) is 38.1 Å². The third-order valence-electron chi connectivity index (χ3n) is 2.65. The maximum Gasteiger partial charge on any atom is 0.264 e. The highest BCUT2D eigenvalue weighted by Gasteiger charge is 2.17. The van der Waals surface area contributed by atoms with Gasteiger partial charge in [-0.2, -0.15) is 15.0 Å². The van der Waals surface area contributed by atoms with Crippen molar-refractivity contribution in [3.8, 4) is 0 Å². The van der Waals surface area contributed by atoms with Crippen LogP contribution < -0.4 is 15.4 Å². The van der Waals surface area contributed by atoms with Crippen LogP contribution in [0.3, 0.4) is 0 Å². The van der Waals surface area contributed by atoms with Gasteiger partial charge in [0.05, 0.1) is 4.90 Å². The highest BCUT2D eigenvalue weighted by atomic mass is 35.5. The van der Waals surface area contributed by atoms with E-state index in [1.54, 1.807) is 0 Å². The molecule has 23 heavy (non-hydrogen) atoms. The smallest absolute Gasteiger partial charge is 0.264 e. The van der Waals surface area contributed by atoms with E-state index in [9.17, 15) is 8.42 Å². The first-order chi connectivity index (χ1) is 10.9. The molecular formula is C13H17ClN6O2S. The minimum absolute atomic E-state index is 0.0670. The molecule has 0 aliphatic carbocycles. The topological polar surface area (TPSA) is 109 Å². The van der Waals surface area contributed by atoms with Crippen LogP contribution in [0.15, 0.2) is 29.2 Å². The van der Waals surface area contributed by atoms with Gasteiger partial charge in [0.1, 0.15) is 0 Å². The third kappa shape index (κ3) is 4.67. The lowest BCUT2D eigenvalue weighted by Gasteiger charge is -2.10. The number of nitrogens with one attached hydrogen (secondary N) is 3. The molecule has 3 N–H and O–H groups in total. The normalized spacial score (nSPS) is 11.1. The van der Waals surface area contributed by atoms with E-state index in [4.69, 9.17) is 11.6 Å². The third-order valence-corrected chi connectivity index (χ3v) is 4.25. The van der Waals surface area contributed by atoms with Crippen molar-refractivity contribution in [3.05, 3.63) is 29.3 Å². The molecule has 0 aliphatic heterocycles. The number of nitrogens with zero attached hydrogens (tertiary/aromatic N) is 3. The van der Waals surface area contributed by atoms with Crippen molar-refractivity contribution in [1.29, 1.82) is 0 Å². The van der Waals surface area contributed by atoms with E-state index in [0.717, 1.165) is 0 Å². The molecule has 2 aromatic rings. The van der Waals surface area contributed by atoms with E-state index < -0.39 is 10.0 Å². The first kappa shape index (κ1) is 17.2. The second-order valence-electron chi connectivity index (χ2n) is 4.43. The van der Waals surface area contributed by atoms with Gasteiger partial charge >= 0.3 is 0 Å². The van der Waals surface area contributed by atoms with E-state index in [1.165, 1.54) is 24.3 Å². The van der Waals surface area contributed by atoms with Crippen molar-refractivity contribution in [2.45, 2.75) is 18.7 Å². The zero-order chi connectivity index (χ0) is 16.9. The highest BCUT2D eigenvalue weighted by Crippen LogP contribution is 2.17. The van der Waals surface area contributed by atoms with Crippen LogP contribution >= 0.6 is 11.6 Å². The van der Waals surface area contributed by atoms with Gasteiger partial charge in [-0.1, -0.05) is 11.6 Å². The molecule has 124 valence electrons. The molecule has 1 aromatic carbocycles. The SMILES string of the molecule is CCNc1nc(NCC)nc(NS(=O)(=O)c2ccc(Cl)cc2)n1. The average molecular weight is 357 g/mol. The first-order valence-corrected chi connectivity index (χ1v) is 8.83.